The number of fused-ring (bicyclic) bond motifs is 1. The normalized spacial score (nSPS) is 13.6. The van der Waals surface area contributed by atoms with Crippen LogP contribution in [-0.4, -0.2) is 64.3 Å². The number of thioether (sulfide) groups is 1. The van der Waals surface area contributed by atoms with Gasteiger partial charge in [-0.1, -0.05) is 24.6 Å². The number of ketones is 1. The number of rotatable bonds is 17. The molecule has 198 valence electrons. The SMILES string of the molecule is CSCC[C@H](NC(C)=O)C(=O)C[C@@H](Cc1c[nH]c2ccccc12)C(=O)N[C@@H](CCCCN)CC(=O)O. The van der Waals surface area contributed by atoms with Crippen LogP contribution in [0.2, 0.25) is 0 Å². The van der Waals surface area contributed by atoms with Crippen molar-refractivity contribution in [2.75, 3.05) is 18.6 Å². The number of nitrogens with two attached hydrogens (primary N) is 1. The summed E-state index contributed by atoms with van der Waals surface area (Å²) in [6, 6.07) is 6.50. The molecule has 0 aliphatic rings. The Labute approximate surface area is 216 Å². The maximum absolute atomic E-state index is 13.4. The number of carbonyl (C=O) groups is 4. The average molecular weight is 519 g/mol. The van der Waals surface area contributed by atoms with Crippen molar-refractivity contribution in [2.45, 2.75) is 64.0 Å². The summed E-state index contributed by atoms with van der Waals surface area (Å²) in [4.78, 5) is 53.0. The fourth-order valence-corrected chi connectivity index (χ4v) is 4.76. The number of carbonyl (C=O) groups excluding carboxylic acids is 3. The zero-order chi connectivity index (χ0) is 26.5. The number of H-pyrrole nitrogens is 1. The fourth-order valence-electron chi connectivity index (χ4n) is 4.29. The largest absolute Gasteiger partial charge is 0.481 e. The molecule has 1 heterocycles. The van der Waals surface area contributed by atoms with Crippen LogP contribution in [0.5, 0.6) is 0 Å². The van der Waals surface area contributed by atoms with Gasteiger partial charge in [0.2, 0.25) is 11.8 Å². The van der Waals surface area contributed by atoms with Gasteiger partial charge in [-0.2, -0.15) is 11.8 Å². The monoisotopic (exact) mass is 518 g/mol. The lowest BCUT2D eigenvalue weighted by molar-refractivity contribution is -0.138. The van der Waals surface area contributed by atoms with Crippen LogP contribution in [0.15, 0.2) is 30.5 Å². The summed E-state index contributed by atoms with van der Waals surface area (Å²) in [7, 11) is 0. The highest BCUT2D eigenvalue weighted by Gasteiger charge is 2.29. The average Bonchev–Trinajstić information content (AvgIpc) is 3.23. The Kier molecular flexibility index (Phi) is 12.5. The predicted octanol–water partition coefficient (Wildman–Crippen LogP) is 2.63. The number of unbranched alkanes of at least 4 members (excludes halogenated alkanes) is 1. The third-order valence-corrected chi connectivity index (χ3v) is 6.75. The Bertz CT molecular complexity index is 1020. The van der Waals surface area contributed by atoms with Crippen molar-refractivity contribution in [2.24, 2.45) is 11.7 Å². The summed E-state index contributed by atoms with van der Waals surface area (Å²) >= 11 is 1.58. The molecule has 0 saturated carbocycles. The number of aliphatic carboxylic acids is 1. The van der Waals surface area contributed by atoms with Crippen LogP contribution in [0.25, 0.3) is 10.9 Å². The highest BCUT2D eigenvalue weighted by atomic mass is 32.2. The Morgan fingerprint density at radius 1 is 1.08 bits per heavy atom. The number of carboxylic acid groups (broad SMARTS) is 1. The van der Waals surface area contributed by atoms with E-state index >= 15 is 0 Å². The lowest BCUT2D eigenvalue weighted by Crippen LogP contribution is -2.44. The molecular weight excluding hydrogens is 480 g/mol. The van der Waals surface area contributed by atoms with Crippen molar-refractivity contribution < 1.29 is 24.3 Å². The molecule has 0 radical (unpaired) electrons. The second-order valence-electron chi connectivity index (χ2n) is 9.05. The minimum Gasteiger partial charge on any atom is -0.481 e. The van der Waals surface area contributed by atoms with Gasteiger partial charge in [-0.3, -0.25) is 19.2 Å². The molecule has 10 heteroatoms. The third-order valence-electron chi connectivity index (χ3n) is 6.11. The number of aromatic nitrogens is 1. The Balaban J connectivity index is 2.26. The van der Waals surface area contributed by atoms with Crippen molar-refractivity contribution in [1.29, 1.82) is 0 Å². The number of nitrogens with one attached hydrogen (secondary N) is 3. The molecular formula is C26H38N4O5S. The first-order chi connectivity index (χ1) is 17.2. The maximum Gasteiger partial charge on any atom is 0.305 e. The van der Waals surface area contributed by atoms with E-state index in [9.17, 15) is 24.3 Å². The molecule has 0 aliphatic carbocycles. The van der Waals surface area contributed by atoms with E-state index in [4.69, 9.17) is 5.73 Å². The van der Waals surface area contributed by atoms with Crippen molar-refractivity contribution in [3.63, 3.8) is 0 Å². The second kappa shape index (κ2) is 15.3. The highest BCUT2D eigenvalue weighted by Crippen LogP contribution is 2.23. The van der Waals surface area contributed by atoms with Gasteiger partial charge in [-0.15, -0.1) is 0 Å². The van der Waals surface area contributed by atoms with E-state index in [1.807, 2.05) is 36.7 Å². The molecule has 2 rings (SSSR count). The number of para-hydroxylation sites is 1. The Hall–Kier alpha value is -2.85. The lowest BCUT2D eigenvalue weighted by atomic mass is 9.90. The molecule has 36 heavy (non-hydrogen) atoms. The molecule has 0 aliphatic heterocycles. The third kappa shape index (κ3) is 9.66. The summed E-state index contributed by atoms with van der Waals surface area (Å²) in [5.74, 6) is -1.89. The zero-order valence-corrected chi connectivity index (χ0v) is 21.9. The minimum absolute atomic E-state index is 0.0622. The van der Waals surface area contributed by atoms with E-state index in [-0.39, 0.29) is 30.4 Å². The first-order valence-corrected chi connectivity index (χ1v) is 13.7. The smallest absolute Gasteiger partial charge is 0.305 e. The van der Waals surface area contributed by atoms with Crippen molar-refractivity contribution >= 4 is 46.2 Å². The van der Waals surface area contributed by atoms with Gasteiger partial charge in [-0.25, -0.2) is 0 Å². The molecule has 2 aromatic rings. The van der Waals surface area contributed by atoms with Crippen molar-refractivity contribution in [1.82, 2.24) is 15.6 Å². The molecule has 0 bridgehead atoms. The van der Waals surface area contributed by atoms with E-state index in [1.165, 1.54) is 6.92 Å². The Morgan fingerprint density at radius 3 is 2.50 bits per heavy atom. The molecule has 2 amide bonds. The number of carboxylic acids is 1. The van der Waals surface area contributed by atoms with Crippen LogP contribution in [0, 0.1) is 5.92 Å². The van der Waals surface area contributed by atoms with Gasteiger partial charge in [0, 0.05) is 42.4 Å². The fraction of sp³-hybridized carbons (Fsp3) is 0.538. The molecule has 0 saturated heterocycles. The van der Waals surface area contributed by atoms with Crippen LogP contribution in [-0.2, 0) is 25.6 Å². The van der Waals surface area contributed by atoms with Gasteiger partial charge in [0.1, 0.15) is 0 Å². The van der Waals surface area contributed by atoms with E-state index in [0.29, 0.717) is 38.0 Å². The summed E-state index contributed by atoms with van der Waals surface area (Å²) < 4.78 is 0. The van der Waals surface area contributed by atoms with Crippen LogP contribution < -0.4 is 16.4 Å². The van der Waals surface area contributed by atoms with Gasteiger partial charge in [0.25, 0.3) is 0 Å². The predicted molar refractivity (Wildman–Crippen MR) is 143 cm³/mol. The van der Waals surface area contributed by atoms with Gasteiger partial charge in [0.05, 0.1) is 12.5 Å². The van der Waals surface area contributed by atoms with E-state index < -0.39 is 24.0 Å². The first-order valence-electron chi connectivity index (χ1n) is 12.3. The van der Waals surface area contributed by atoms with Crippen molar-refractivity contribution in [3.05, 3.63) is 36.0 Å². The minimum atomic E-state index is -1.000. The summed E-state index contributed by atoms with van der Waals surface area (Å²) in [5, 5.41) is 15.9. The van der Waals surface area contributed by atoms with Gasteiger partial charge in [0.15, 0.2) is 5.78 Å². The van der Waals surface area contributed by atoms with Crippen LogP contribution in [0.4, 0.5) is 0 Å². The molecule has 1 aromatic carbocycles. The molecule has 9 nitrogen and oxygen atoms in total. The quantitative estimate of drug-likeness (QED) is 0.202. The standard InChI is InChI=1S/C26H38N4O5S/c1-17(31)29-23(10-12-36-2)24(32)14-18(13-19-16-28-22-9-4-3-8-21(19)22)26(35)30-20(15-25(33)34)7-5-6-11-27/h3-4,8-9,16,18,20,23,28H,5-7,10-15,27H2,1-2H3,(H,29,31)(H,30,35)(H,33,34)/t18-,20+,23+/m1/s1. The summed E-state index contributed by atoms with van der Waals surface area (Å²) in [6.07, 6.45) is 6.20. The Morgan fingerprint density at radius 2 is 1.83 bits per heavy atom. The second-order valence-corrected chi connectivity index (χ2v) is 10.0. The lowest BCUT2D eigenvalue weighted by Gasteiger charge is -2.23. The van der Waals surface area contributed by atoms with Gasteiger partial charge < -0.3 is 26.5 Å². The van der Waals surface area contributed by atoms with Crippen LogP contribution in [0.3, 0.4) is 0 Å². The number of Topliss-reactive ketones (excluding diaryl/α,β-unsaturated/α-hetero) is 1. The molecule has 0 spiro atoms. The molecule has 0 unspecified atom stereocenters. The van der Waals surface area contributed by atoms with Crippen molar-refractivity contribution in [3.8, 4) is 0 Å². The van der Waals surface area contributed by atoms with E-state index in [0.717, 1.165) is 22.9 Å². The molecule has 1 aromatic heterocycles. The number of hydrogen-bond donors (Lipinski definition) is 5. The van der Waals surface area contributed by atoms with Gasteiger partial charge >= 0.3 is 5.97 Å². The number of aromatic amines is 1. The molecule has 3 atom stereocenters. The number of benzene rings is 1. The van der Waals surface area contributed by atoms with Crippen LogP contribution >= 0.6 is 11.8 Å². The van der Waals surface area contributed by atoms with E-state index in [2.05, 4.69) is 15.6 Å². The summed E-state index contributed by atoms with van der Waals surface area (Å²) in [5.41, 5.74) is 7.39. The maximum atomic E-state index is 13.4. The first kappa shape index (κ1) is 29.4. The topological polar surface area (TPSA) is 154 Å². The molecule has 6 N–H and O–H groups in total. The van der Waals surface area contributed by atoms with E-state index in [1.54, 1.807) is 11.8 Å². The molecule has 0 fully saturated rings. The number of hydrogen-bond acceptors (Lipinski definition) is 6. The summed E-state index contributed by atoms with van der Waals surface area (Å²) in [6.45, 7) is 1.86. The highest BCUT2D eigenvalue weighted by molar-refractivity contribution is 7.98. The van der Waals surface area contributed by atoms with Crippen LogP contribution in [0.1, 0.15) is 51.0 Å². The number of amides is 2. The zero-order valence-electron chi connectivity index (χ0n) is 21.0. The van der Waals surface area contributed by atoms with Gasteiger partial charge in [-0.05, 0) is 55.9 Å².